The van der Waals surface area contributed by atoms with Crippen molar-refractivity contribution in [2.75, 3.05) is 0 Å². The van der Waals surface area contributed by atoms with E-state index in [4.69, 9.17) is 5.73 Å². The van der Waals surface area contributed by atoms with Crippen LogP contribution in [-0.2, 0) is 0 Å². The van der Waals surface area contributed by atoms with Crippen molar-refractivity contribution in [2.24, 2.45) is 23.5 Å². The van der Waals surface area contributed by atoms with Gasteiger partial charge in [-0.3, -0.25) is 0 Å². The van der Waals surface area contributed by atoms with Crippen molar-refractivity contribution in [3.05, 3.63) is 12.2 Å². The van der Waals surface area contributed by atoms with E-state index in [1.807, 2.05) is 0 Å². The molecule has 2 bridgehead atoms. The first-order valence-corrected chi connectivity index (χ1v) is 6.05. The summed E-state index contributed by atoms with van der Waals surface area (Å²) >= 11 is 0. The maximum Gasteiger partial charge on any atom is 0.00786 e. The normalized spacial score (nSPS) is 37.4. The van der Waals surface area contributed by atoms with Crippen LogP contribution >= 0.6 is 0 Å². The van der Waals surface area contributed by atoms with Gasteiger partial charge in [0.15, 0.2) is 0 Å². The number of hydrogen-bond donors (Lipinski definition) is 1. The Morgan fingerprint density at radius 3 is 2.71 bits per heavy atom. The van der Waals surface area contributed by atoms with Crippen LogP contribution in [0.2, 0.25) is 0 Å². The molecular formula is C13H23N. The van der Waals surface area contributed by atoms with Gasteiger partial charge in [-0.25, -0.2) is 0 Å². The van der Waals surface area contributed by atoms with Crippen LogP contribution in [0.3, 0.4) is 0 Å². The zero-order valence-electron chi connectivity index (χ0n) is 9.34. The number of rotatable bonds is 4. The van der Waals surface area contributed by atoms with Gasteiger partial charge in [0.2, 0.25) is 0 Å². The summed E-state index contributed by atoms with van der Waals surface area (Å²) < 4.78 is 0. The molecule has 2 saturated carbocycles. The third kappa shape index (κ3) is 2.20. The van der Waals surface area contributed by atoms with E-state index in [0.29, 0.717) is 6.04 Å². The van der Waals surface area contributed by atoms with Gasteiger partial charge in [0.25, 0.3) is 0 Å². The molecule has 0 aromatic rings. The Hall–Kier alpha value is -0.300. The Balaban J connectivity index is 1.78. The second-order valence-electron chi connectivity index (χ2n) is 5.59. The first kappa shape index (κ1) is 10.2. The van der Waals surface area contributed by atoms with Gasteiger partial charge in [-0.05, 0) is 56.8 Å². The van der Waals surface area contributed by atoms with E-state index < -0.39 is 0 Å². The van der Waals surface area contributed by atoms with E-state index in [1.54, 1.807) is 0 Å². The molecule has 0 saturated heterocycles. The quantitative estimate of drug-likeness (QED) is 0.682. The predicted molar refractivity (Wildman–Crippen MR) is 61.0 cm³/mol. The van der Waals surface area contributed by atoms with Crippen molar-refractivity contribution >= 4 is 0 Å². The summed E-state index contributed by atoms with van der Waals surface area (Å²) in [5, 5.41) is 0. The topological polar surface area (TPSA) is 26.0 Å². The zero-order valence-corrected chi connectivity index (χ0v) is 9.34. The molecule has 0 amide bonds. The van der Waals surface area contributed by atoms with Gasteiger partial charge in [0.1, 0.15) is 0 Å². The second kappa shape index (κ2) is 4.06. The molecule has 2 rings (SSSR count). The molecule has 0 aromatic heterocycles. The Kier molecular flexibility index (Phi) is 2.96. The van der Waals surface area contributed by atoms with Crippen molar-refractivity contribution in [3.63, 3.8) is 0 Å². The predicted octanol–water partition coefficient (Wildman–Crippen LogP) is 3.11. The van der Waals surface area contributed by atoms with Crippen LogP contribution in [0.1, 0.15) is 45.4 Å². The van der Waals surface area contributed by atoms with Crippen molar-refractivity contribution in [1.82, 2.24) is 0 Å². The number of nitrogens with two attached hydrogens (primary N) is 1. The first-order chi connectivity index (χ1) is 6.65. The minimum absolute atomic E-state index is 0.372. The van der Waals surface area contributed by atoms with Crippen LogP contribution in [0.25, 0.3) is 0 Å². The lowest BCUT2D eigenvalue weighted by Gasteiger charge is -2.24. The summed E-state index contributed by atoms with van der Waals surface area (Å²) in [6.45, 7) is 6.02. The maximum absolute atomic E-state index is 6.13. The lowest BCUT2D eigenvalue weighted by molar-refractivity contribution is 0.294. The van der Waals surface area contributed by atoms with E-state index in [-0.39, 0.29) is 0 Å². The fraction of sp³-hybridized carbons (Fsp3) is 0.846. The number of fused-ring (bicyclic) bond motifs is 2. The van der Waals surface area contributed by atoms with Crippen molar-refractivity contribution in [1.29, 1.82) is 0 Å². The molecule has 2 aliphatic carbocycles. The molecule has 4 unspecified atom stereocenters. The van der Waals surface area contributed by atoms with Gasteiger partial charge in [0, 0.05) is 6.04 Å². The van der Waals surface area contributed by atoms with Crippen LogP contribution in [0.15, 0.2) is 12.2 Å². The Labute approximate surface area is 87.8 Å². The lowest BCUT2D eigenvalue weighted by Crippen LogP contribution is -2.26. The SMILES string of the molecule is C=C(C)CC(N)CC1CC2CCC1C2. The van der Waals surface area contributed by atoms with Gasteiger partial charge >= 0.3 is 0 Å². The third-order valence-electron chi connectivity index (χ3n) is 4.10. The van der Waals surface area contributed by atoms with Crippen LogP contribution in [-0.4, -0.2) is 6.04 Å². The standard InChI is InChI=1S/C13H23N/c1-9(2)5-13(14)8-12-7-10-3-4-11(12)6-10/h10-13H,1,3-8,14H2,2H3. The highest BCUT2D eigenvalue weighted by atomic mass is 14.6. The maximum atomic E-state index is 6.13. The average molecular weight is 193 g/mol. The summed E-state index contributed by atoms with van der Waals surface area (Å²) in [7, 11) is 0. The van der Waals surface area contributed by atoms with Crippen LogP contribution < -0.4 is 5.73 Å². The molecule has 0 radical (unpaired) electrons. The highest BCUT2D eigenvalue weighted by molar-refractivity contribution is 4.95. The molecule has 0 aromatic carbocycles. The van der Waals surface area contributed by atoms with Gasteiger partial charge in [-0.1, -0.05) is 12.0 Å². The summed E-state index contributed by atoms with van der Waals surface area (Å²) in [6.07, 6.45) is 8.22. The van der Waals surface area contributed by atoms with Crippen LogP contribution in [0.4, 0.5) is 0 Å². The molecule has 0 heterocycles. The molecule has 2 N–H and O–H groups in total. The summed E-state index contributed by atoms with van der Waals surface area (Å²) in [6, 6.07) is 0.372. The minimum Gasteiger partial charge on any atom is -0.327 e. The zero-order chi connectivity index (χ0) is 10.1. The molecule has 2 fully saturated rings. The van der Waals surface area contributed by atoms with E-state index in [9.17, 15) is 0 Å². The van der Waals surface area contributed by atoms with Gasteiger partial charge in [-0.15, -0.1) is 6.58 Å². The average Bonchev–Trinajstić information content (AvgIpc) is 2.62. The van der Waals surface area contributed by atoms with Gasteiger partial charge < -0.3 is 5.73 Å². The largest absolute Gasteiger partial charge is 0.327 e. The highest BCUT2D eigenvalue weighted by Gasteiger charge is 2.39. The summed E-state index contributed by atoms with van der Waals surface area (Å²) in [5.41, 5.74) is 7.36. The minimum atomic E-state index is 0.372. The van der Waals surface area contributed by atoms with Gasteiger partial charge in [0.05, 0.1) is 0 Å². The lowest BCUT2D eigenvalue weighted by atomic mass is 9.83. The molecule has 1 heteroatoms. The van der Waals surface area contributed by atoms with E-state index >= 15 is 0 Å². The second-order valence-corrected chi connectivity index (χ2v) is 5.59. The summed E-state index contributed by atoms with van der Waals surface area (Å²) in [5.74, 6) is 3.03. The van der Waals surface area contributed by atoms with Crippen molar-refractivity contribution < 1.29 is 0 Å². The molecule has 0 spiro atoms. The summed E-state index contributed by atoms with van der Waals surface area (Å²) in [4.78, 5) is 0. The Morgan fingerprint density at radius 1 is 1.43 bits per heavy atom. The van der Waals surface area contributed by atoms with Crippen molar-refractivity contribution in [3.8, 4) is 0 Å². The monoisotopic (exact) mass is 193 g/mol. The molecule has 0 aliphatic heterocycles. The molecule has 80 valence electrons. The van der Waals surface area contributed by atoms with E-state index in [0.717, 1.165) is 24.2 Å². The van der Waals surface area contributed by atoms with Crippen molar-refractivity contribution in [2.45, 2.75) is 51.5 Å². The molecule has 4 atom stereocenters. The van der Waals surface area contributed by atoms with E-state index in [2.05, 4.69) is 13.5 Å². The fourth-order valence-electron chi connectivity index (χ4n) is 3.58. The van der Waals surface area contributed by atoms with Gasteiger partial charge in [-0.2, -0.15) is 0 Å². The Morgan fingerprint density at radius 2 is 2.21 bits per heavy atom. The van der Waals surface area contributed by atoms with Crippen LogP contribution in [0.5, 0.6) is 0 Å². The highest BCUT2D eigenvalue weighted by Crippen LogP contribution is 2.49. The number of hydrogen-bond acceptors (Lipinski definition) is 1. The smallest absolute Gasteiger partial charge is 0.00786 e. The first-order valence-electron chi connectivity index (χ1n) is 6.05. The molecular weight excluding hydrogens is 170 g/mol. The third-order valence-corrected chi connectivity index (χ3v) is 4.10. The molecule has 2 aliphatic rings. The van der Waals surface area contributed by atoms with Crippen LogP contribution in [0, 0.1) is 17.8 Å². The molecule has 1 nitrogen and oxygen atoms in total. The Bertz CT molecular complexity index is 221. The molecule has 14 heavy (non-hydrogen) atoms. The van der Waals surface area contributed by atoms with E-state index in [1.165, 1.54) is 37.7 Å². The fourth-order valence-corrected chi connectivity index (χ4v) is 3.58.